The van der Waals surface area contributed by atoms with Crippen LogP contribution in [0.4, 0.5) is 5.69 Å². The number of nitrogens with one attached hydrogen (secondary N) is 1. The second kappa shape index (κ2) is 7.32. The summed E-state index contributed by atoms with van der Waals surface area (Å²) in [6, 6.07) is 13.0. The molecule has 0 aliphatic rings. The van der Waals surface area contributed by atoms with Crippen molar-refractivity contribution >= 4 is 23.2 Å². The maximum absolute atomic E-state index is 12.4. The van der Waals surface area contributed by atoms with Gasteiger partial charge in [0, 0.05) is 10.7 Å². The van der Waals surface area contributed by atoms with Crippen molar-refractivity contribution < 1.29 is 9.53 Å². The zero-order valence-electron chi connectivity index (χ0n) is 13.0. The average Bonchev–Trinajstić information content (AvgIpc) is 2.43. The minimum atomic E-state index is -0.541. The number of hydrogen-bond donors (Lipinski definition) is 1. The molecule has 4 heteroatoms. The van der Waals surface area contributed by atoms with Crippen molar-refractivity contribution in [1.82, 2.24) is 0 Å². The monoisotopic (exact) mass is 317 g/mol. The van der Waals surface area contributed by atoms with Gasteiger partial charge in [-0.15, -0.1) is 0 Å². The van der Waals surface area contributed by atoms with Crippen LogP contribution in [0.5, 0.6) is 5.75 Å². The number of aryl methyl sites for hydroxylation is 2. The minimum absolute atomic E-state index is 0.177. The SMILES string of the molecule is CC[C@H](Oc1cc(C)cc(C)c1)C(=O)Nc1cccc(Cl)c1. The van der Waals surface area contributed by atoms with Gasteiger partial charge in [-0.3, -0.25) is 4.79 Å². The molecule has 0 aliphatic heterocycles. The van der Waals surface area contributed by atoms with Crippen molar-refractivity contribution in [1.29, 1.82) is 0 Å². The molecule has 3 nitrogen and oxygen atoms in total. The molecular formula is C18H20ClNO2. The number of benzene rings is 2. The fraction of sp³-hybridized carbons (Fsp3) is 0.278. The van der Waals surface area contributed by atoms with Crippen molar-refractivity contribution in [3.63, 3.8) is 0 Å². The van der Waals surface area contributed by atoms with Crippen molar-refractivity contribution in [2.75, 3.05) is 5.32 Å². The van der Waals surface area contributed by atoms with Gasteiger partial charge in [0.15, 0.2) is 6.10 Å². The lowest BCUT2D eigenvalue weighted by Gasteiger charge is -2.18. The van der Waals surface area contributed by atoms with Gasteiger partial charge >= 0.3 is 0 Å². The summed E-state index contributed by atoms with van der Waals surface area (Å²) in [6.45, 7) is 5.94. The van der Waals surface area contributed by atoms with Gasteiger partial charge in [-0.05, 0) is 61.7 Å². The van der Waals surface area contributed by atoms with E-state index in [1.807, 2.05) is 32.9 Å². The first kappa shape index (κ1) is 16.4. The topological polar surface area (TPSA) is 38.3 Å². The molecule has 0 aliphatic carbocycles. The summed E-state index contributed by atoms with van der Waals surface area (Å²) in [7, 11) is 0. The van der Waals surface area contributed by atoms with E-state index in [2.05, 4.69) is 11.4 Å². The second-order valence-electron chi connectivity index (χ2n) is 5.34. The molecule has 2 aromatic rings. The van der Waals surface area contributed by atoms with Crippen LogP contribution in [0.2, 0.25) is 5.02 Å². The Morgan fingerprint density at radius 3 is 2.45 bits per heavy atom. The third-order valence-electron chi connectivity index (χ3n) is 3.23. The van der Waals surface area contributed by atoms with Gasteiger partial charge in [0.25, 0.3) is 5.91 Å². The molecule has 0 radical (unpaired) electrons. The second-order valence-corrected chi connectivity index (χ2v) is 5.77. The Labute approximate surface area is 136 Å². The highest BCUT2D eigenvalue weighted by molar-refractivity contribution is 6.30. The van der Waals surface area contributed by atoms with E-state index >= 15 is 0 Å². The Bertz CT molecular complexity index is 650. The van der Waals surface area contributed by atoms with E-state index < -0.39 is 6.10 Å². The molecule has 116 valence electrons. The molecule has 0 saturated carbocycles. The van der Waals surface area contributed by atoms with Crippen molar-refractivity contribution in [2.24, 2.45) is 0 Å². The fourth-order valence-corrected chi connectivity index (χ4v) is 2.47. The Balaban J connectivity index is 2.08. The van der Waals surface area contributed by atoms with Crippen molar-refractivity contribution in [3.8, 4) is 5.75 Å². The molecule has 0 aromatic heterocycles. The molecule has 1 amide bonds. The molecular weight excluding hydrogens is 298 g/mol. The first-order valence-electron chi connectivity index (χ1n) is 7.29. The van der Waals surface area contributed by atoms with Gasteiger partial charge < -0.3 is 10.1 Å². The number of carbonyl (C=O) groups is 1. The molecule has 2 aromatic carbocycles. The van der Waals surface area contributed by atoms with E-state index in [4.69, 9.17) is 16.3 Å². The molecule has 0 heterocycles. The summed E-state index contributed by atoms with van der Waals surface area (Å²) in [5.74, 6) is 0.537. The number of amides is 1. The molecule has 0 bridgehead atoms. The van der Waals surface area contributed by atoms with Crippen molar-refractivity contribution in [2.45, 2.75) is 33.3 Å². The molecule has 22 heavy (non-hydrogen) atoms. The molecule has 2 rings (SSSR count). The van der Waals surface area contributed by atoms with Gasteiger partial charge in [-0.1, -0.05) is 30.7 Å². The van der Waals surface area contributed by atoms with E-state index in [1.165, 1.54) is 0 Å². The maximum Gasteiger partial charge on any atom is 0.265 e. The summed E-state index contributed by atoms with van der Waals surface area (Å²) in [5.41, 5.74) is 2.89. The molecule has 0 unspecified atom stereocenters. The first-order valence-corrected chi connectivity index (χ1v) is 7.67. The number of anilines is 1. The zero-order valence-corrected chi connectivity index (χ0v) is 13.8. The molecule has 1 atom stereocenters. The van der Waals surface area contributed by atoms with Crippen LogP contribution in [0, 0.1) is 13.8 Å². The highest BCUT2D eigenvalue weighted by Crippen LogP contribution is 2.20. The predicted molar refractivity (Wildman–Crippen MR) is 90.7 cm³/mol. The van der Waals surface area contributed by atoms with Gasteiger partial charge in [0.1, 0.15) is 5.75 Å². The summed E-state index contributed by atoms with van der Waals surface area (Å²) < 4.78 is 5.84. The van der Waals surface area contributed by atoms with E-state index in [9.17, 15) is 4.79 Å². The lowest BCUT2D eigenvalue weighted by molar-refractivity contribution is -0.122. The Morgan fingerprint density at radius 2 is 1.86 bits per heavy atom. The van der Waals surface area contributed by atoms with Crippen LogP contribution in [0.1, 0.15) is 24.5 Å². The number of hydrogen-bond acceptors (Lipinski definition) is 2. The normalized spacial score (nSPS) is 11.8. The summed E-state index contributed by atoms with van der Waals surface area (Å²) in [4.78, 5) is 12.4. The van der Waals surface area contributed by atoms with E-state index in [0.717, 1.165) is 11.1 Å². The summed E-state index contributed by atoms with van der Waals surface area (Å²) in [5, 5.41) is 3.42. The van der Waals surface area contributed by atoms with E-state index in [1.54, 1.807) is 24.3 Å². The molecule has 0 spiro atoms. The average molecular weight is 318 g/mol. The van der Waals surface area contributed by atoms with Gasteiger partial charge in [0.2, 0.25) is 0 Å². The number of ether oxygens (including phenoxy) is 1. The van der Waals surface area contributed by atoms with Crippen LogP contribution in [0.25, 0.3) is 0 Å². The standard InChI is InChI=1S/C18H20ClNO2/c1-4-17(22-16-9-12(2)8-13(3)10-16)18(21)20-15-7-5-6-14(19)11-15/h5-11,17H,4H2,1-3H3,(H,20,21)/t17-/m0/s1. The third kappa shape index (κ3) is 4.50. The van der Waals surface area contributed by atoms with E-state index in [0.29, 0.717) is 22.9 Å². The maximum atomic E-state index is 12.4. The van der Waals surface area contributed by atoms with Crippen molar-refractivity contribution in [3.05, 3.63) is 58.6 Å². The molecule has 1 N–H and O–H groups in total. The summed E-state index contributed by atoms with van der Waals surface area (Å²) >= 11 is 5.92. The number of halogens is 1. The van der Waals surface area contributed by atoms with Crippen LogP contribution in [0.3, 0.4) is 0 Å². The Morgan fingerprint density at radius 1 is 1.18 bits per heavy atom. The minimum Gasteiger partial charge on any atom is -0.481 e. The summed E-state index contributed by atoms with van der Waals surface area (Å²) in [6.07, 6.45) is 0.0412. The van der Waals surface area contributed by atoms with Crippen LogP contribution in [-0.2, 0) is 4.79 Å². The smallest absolute Gasteiger partial charge is 0.265 e. The van der Waals surface area contributed by atoms with Gasteiger partial charge in [-0.25, -0.2) is 0 Å². The first-order chi connectivity index (χ1) is 10.5. The fourth-order valence-electron chi connectivity index (χ4n) is 2.28. The zero-order chi connectivity index (χ0) is 16.1. The number of carbonyl (C=O) groups excluding carboxylic acids is 1. The van der Waals surface area contributed by atoms with Crippen LogP contribution in [0.15, 0.2) is 42.5 Å². The van der Waals surface area contributed by atoms with E-state index in [-0.39, 0.29) is 5.91 Å². The van der Waals surface area contributed by atoms with Crippen LogP contribution < -0.4 is 10.1 Å². The highest BCUT2D eigenvalue weighted by Gasteiger charge is 2.18. The van der Waals surface area contributed by atoms with Gasteiger partial charge in [0.05, 0.1) is 0 Å². The lowest BCUT2D eigenvalue weighted by Crippen LogP contribution is -2.32. The third-order valence-corrected chi connectivity index (χ3v) is 3.46. The largest absolute Gasteiger partial charge is 0.481 e. The predicted octanol–water partition coefficient (Wildman–Crippen LogP) is 4.75. The Hall–Kier alpha value is -2.00. The number of rotatable bonds is 5. The van der Waals surface area contributed by atoms with Crippen LogP contribution >= 0.6 is 11.6 Å². The van der Waals surface area contributed by atoms with Crippen LogP contribution in [-0.4, -0.2) is 12.0 Å². The molecule has 0 fully saturated rings. The quantitative estimate of drug-likeness (QED) is 0.864. The molecule has 0 saturated heterocycles. The highest BCUT2D eigenvalue weighted by atomic mass is 35.5. The van der Waals surface area contributed by atoms with Gasteiger partial charge in [-0.2, -0.15) is 0 Å². The Kier molecular flexibility index (Phi) is 5.45. The lowest BCUT2D eigenvalue weighted by atomic mass is 10.1.